The average molecular weight is 236 g/mol. The van der Waals surface area contributed by atoms with E-state index < -0.39 is 0 Å². The van der Waals surface area contributed by atoms with Crippen LogP contribution in [0.1, 0.15) is 31.4 Å². The zero-order chi connectivity index (χ0) is 12.1. The Hall–Kier alpha value is -0.930. The van der Waals surface area contributed by atoms with Crippen molar-refractivity contribution in [3.05, 3.63) is 35.6 Å². The molecule has 1 aromatic rings. The molecule has 0 aromatic heterocycles. The minimum Gasteiger partial charge on any atom is -0.309 e. The molecule has 1 aromatic carbocycles. The molecule has 0 bridgehead atoms. The summed E-state index contributed by atoms with van der Waals surface area (Å²) < 4.78 is 13.5. The molecule has 1 aliphatic heterocycles. The summed E-state index contributed by atoms with van der Waals surface area (Å²) in [5, 5.41) is 3.38. The Bertz CT molecular complexity index is 348. The normalized spacial score (nSPS) is 18.5. The second-order valence-electron chi connectivity index (χ2n) is 4.75. The Balaban J connectivity index is 1.77. The van der Waals surface area contributed by atoms with E-state index in [1.165, 1.54) is 32.0 Å². The van der Waals surface area contributed by atoms with Crippen LogP contribution in [0.15, 0.2) is 24.3 Å². The molecule has 0 amide bonds. The highest BCUT2D eigenvalue weighted by Gasteiger charge is 2.12. The number of benzene rings is 1. The lowest BCUT2D eigenvalue weighted by atomic mass is 10.1. The Morgan fingerprint density at radius 3 is 2.71 bits per heavy atom. The minimum absolute atomic E-state index is 0.0822. The smallest absolute Gasteiger partial charge is 0.127 e. The van der Waals surface area contributed by atoms with Crippen molar-refractivity contribution in [2.75, 3.05) is 26.2 Å². The van der Waals surface area contributed by atoms with Gasteiger partial charge in [-0.15, -0.1) is 0 Å². The Morgan fingerprint density at radius 1 is 1.29 bits per heavy atom. The molecule has 0 saturated carbocycles. The third-order valence-electron chi connectivity index (χ3n) is 3.45. The standard InChI is InChI=1S/C14H21FN2/c1-12(13-6-2-3-7-14(13)15)16-8-11-17-9-4-5-10-17/h2-3,6-7,12,16H,4-5,8-11H2,1H3. The van der Waals surface area contributed by atoms with Gasteiger partial charge in [0.25, 0.3) is 0 Å². The number of rotatable bonds is 5. The Morgan fingerprint density at radius 2 is 2.00 bits per heavy atom. The first-order valence-corrected chi connectivity index (χ1v) is 6.47. The topological polar surface area (TPSA) is 15.3 Å². The summed E-state index contributed by atoms with van der Waals surface area (Å²) in [7, 11) is 0. The molecule has 1 fully saturated rings. The lowest BCUT2D eigenvalue weighted by Gasteiger charge is -2.18. The maximum Gasteiger partial charge on any atom is 0.127 e. The van der Waals surface area contributed by atoms with Gasteiger partial charge in [-0.25, -0.2) is 4.39 Å². The van der Waals surface area contributed by atoms with Gasteiger partial charge >= 0.3 is 0 Å². The molecule has 1 aliphatic rings. The van der Waals surface area contributed by atoms with Crippen molar-refractivity contribution in [3.63, 3.8) is 0 Å². The van der Waals surface area contributed by atoms with Gasteiger partial charge in [0, 0.05) is 24.7 Å². The van der Waals surface area contributed by atoms with Gasteiger partial charge in [0.1, 0.15) is 5.82 Å². The number of hydrogen-bond acceptors (Lipinski definition) is 2. The minimum atomic E-state index is -0.117. The first kappa shape index (κ1) is 12.5. The van der Waals surface area contributed by atoms with Gasteiger partial charge in [0.2, 0.25) is 0 Å². The van der Waals surface area contributed by atoms with E-state index in [-0.39, 0.29) is 11.9 Å². The monoisotopic (exact) mass is 236 g/mol. The van der Waals surface area contributed by atoms with Crippen molar-refractivity contribution < 1.29 is 4.39 Å². The third-order valence-corrected chi connectivity index (χ3v) is 3.45. The maximum absolute atomic E-state index is 13.5. The van der Waals surface area contributed by atoms with E-state index in [4.69, 9.17) is 0 Å². The van der Waals surface area contributed by atoms with Crippen molar-refractivity contribution in [1.82, 2.24) is 10.2 Å². The van der Waals surface area contributed by atoms with E-state index in [1.807, 2.05) is 19.1 Å². The molecule has 17 heavy (non-hydrogen) atoms. The summed E-state index contributed by atoms with van der Waals surface area (Å²) in [6.45, 7) is 6.45. The molecule has 1 atom stereocenters. The first-order chi connectivity index (χ1) is 8.27. The van der Waals surface area contributed by atoms with Gasteiger partial charge in [-0.1, -0.05) is 18.2 Å². The Labute approximate surface area is 103 Å². The van der Waals surface area contributed by atoms with E-state index in [2.05, 4.69) is 10.2 Å². The van der Waals surface area contributed by atoms with Crippen molar-refractivity contribution in [2.45, 2.75) is 25.8 Å². The fourth-order valence-electron chi connectivity index (χ4n) is 2.38. The fourth-order valence-corrected chi connectivity index (χ4v) is 2.38. The molecule has 3 heteroatoms. The summed E-state index contributed by atoms with van der Waals surface area (Å²) in [5.41, 5.74) is 0.758. The molecule has 1 saturated heterocycles. The molecule has 0 aliphatic carbocycles. The largest absolute Gasteiger partial charge is 0.309 e. The summed E-state index contributed by atoms with van der Waals surface area (Å²) in [5.74, 6) is -0.117. The molecule has 1 unspecified atom stereocenters. The zero-order valence-electron chi connectivity index (χ0n) is 10.5. The third kappa shape index (κ3) is 3.51. The molecule has 1 heterocycles. The van der Waals surface area contributed by atoms with Crippen molar-refractivity contribution >= 4 is 0 Å². The van der Waals surface area contributed by atoms with Crippen LogP contribution in [0.3, 0.4) is 0 Å². The second kappa shape index (κ2) is 6.12. The molecule has 94 valence electrons. The van der Waals surface area contributed by atoms with E-state index in [9.17, 15) is 4.39 Å². The van der Waals surface area contributed by atoms with Gasteiger partial charge in [-0.05, 0) is 38.9 Å². The molecule has 2 rings (SSSR count). The number of likely N-dealkylation sites (tertiary alicyclic amines) is 1. The number of nitrogens with zero attached hydrogens (tertiary/aromatic N) is 1. The van der Waals surface area contributed by atoms with Crippen LogP contribution >= 0.6 is 0 Å². The number of nitrogens with one attached hydrogen (secondary N) is 1. The Kier molecular flexibility index (Phi) is 4.51. The van der Waals surface area contributed by atoms with Gasteiger partial charge < -0.3 is 10.2 Å². The highest BCUT2D eigenvalue weighted by Crippen LogP contribution is 2.15. The van der Waals surface area contributed by atoms with Crippen molar-refractivity contribution in [2.24, 2.45) is 0 Å². The van der Waals surface area contributed by atoms with Crippen LogP contribution in [0, 0.1) is 5.82 Å². The van der Waals surface area contributed by atoms with Crippen LogP contribution < -0.4 is 5.32 Å². The van der Waals surface area contributed by atoms with E-state index in [0.717, 1.165) is 18.7 Å². The number of hydrogen-bond donors (Lipinski definition) is 1. The van der Waals surface area contributed by atoms with Crippen LogP contribution in [0.4, 0.5) is 4.39 Å². The van der Waals surface area contributed by atoms with Crippen LogP contribution in [-0.4, -0.2) is 31.1 Å². The zero-order valence-corrected chi connectivity index (χ0v) is 10.5. The van der Waals surface area contributed by atoms with Gasteiger partial charge in [0.05, 0.1) is 0 Å². The van der Waals surface area contributed by atoms with Crippen LogP contribution in [-0.2, 0) is 0 Å². The van der Waals surface area contributed by atoms with Gasteiger partial charge in [-0.3, -0.25) is 0 Å². The summed E-state index contributed by atoms with van der Waals surface area (Å²) in [6, 6.07) is 7.07. The second-order valence-corrected chi connectivity index (χ2v) is 4.75. The highest BCUT2D eigenvalue weighted by atomic mass is 19.1. The van der Waals surface area contributed by atoms with Crippen LogP contribution in [0.2, 0.25) is 0 Å². The molecule has 1 N–H and O–H groups in total. The van der Waals surface area contributed by atoms with Crippen molar-refractivity contribution in [3.8, 4) is 0 Å². The molecule has 0 spiro atoms. The fraction of sp³-hybridized carbons (Fsp3) is 0.571. The highest BCUT2D eigenvalue weighted by molar-refractivity contribution is 5.20. The van der Waals surface area contributed by atoms with E-state index in [1.54, 1.807) is 6.07 Å². The molecule has 0 radical (unpaired) electrons. The summed E-state index contributed by atoms with van der Waals surface area (Å²) >= 11 is 0. The average Bonchev–Trinajstić information content (AvgIpc) is 2.82. The lowest BCUT2D eigenvalue weighted by molar-refractivity contribution is 0.329. The molecular weight excluding hydrogens is 215 g/mol. The van der Waals surface area contributed by atoms with Crippen molar-refractivity contribution in [1.29, 1.82) is 0 Å². The number of halogens is 1. The summed E-state index contributed by atoms with van der Waals surface area (Å²) in [6.07, 6.45) is 2.64. The van der Waals surface area contributed by atoms with Crippen LogP contribution in [0.5, 0.6) is 0 Å². The molecular formula is C14H21FN2. The molecule has 2 nitrogen and oxygen atoms in total. The quantitative estimate of drug-likeness (QED) is 0.845. The predicted molar refractivity (Wildman–Crippen MR) is 68.5 cm³/mol. The summed E-state index contributed by atoms with van der Waals surface area (Å²) in [4.78, 5) is 2.46. The van der Waals surface area contributed by atoms with Crippen LogP contribution in [0.25, 0.3) is 0 Å². The SMILES string of the molecule is CC(NCCN1CCCC1)c1ccccc1F. The van der Waals surface area contributed by atoms with Gasteiger partial charge in [0.15, 0.2) is 0 Å². The predicted octanol–water partition coefficient (Wildman–Crippen LogP) is 2.57. The lowest BCUT2D eigenvalue weighted by Crippen LogP contribution is -2.31. The maximum atomic E-state index is 13.5. The van der Waals surface area contributed by atoms with E-state index in [0.29, 0.717) is 0 Å². The van der Waals surface area contributed by atoms with E-state index >= 15 is 0 Å². The first-order valence-electron chi connectivity index (χ1n) is 6.47. The van der Waals surface area contributed by atoms with Gasteiger partial charge in [-0.2, -0.15) is 0 Å².